The molecule has 186 valence electrons. The fourth-order valence-corrected chi connectivity index (χ4v) is 6.06. The Morgan fingerprint density at radius 3 is 2.31 bits per heavy atom. The molecule has 0 radical (unpaired) electrons. The largest absolute Gasteiger partial charge is 0.361 e. The van der Waals surface area contributed by atoms with Crippen molar-refractivity contribution >= 4 is 17.7 Å². The molecule has 1 atom stereocenters. The van der Waals surface area contributed by atoms with Crippen molar-refractivity contribution in [2.24, 2.45) is 0 Å². The number of rotatable bonds is 3. The Labute approximate surface area is 205 Å². The average Bonchev–Trinajstić information content (AvgIpc) is 3.14. The van der Waals surface area contributed by atoms with Crippen molar-refractivity contribution in [2.75, 3.05) is 46.3 Å². The summed E-state index contributed by atoms with van der Waals surface area (Å²) in [5.41, 5.74) is 1.55. The SMILES string of the molecule is Cc1noc(C)c1C(=O)N1CC2(C1)C(C(=O)N1CCN(C)CC1)c1ccccc1C(=O)N2C(C)C. The van der Waals surface area contributed by atoms with Crippen LogP contribution in [0, 0.1) is 13.8 Å². The molecule has 35 heavy (non-hydrogen) atoms. The molecule has 0 N–H and O–H groups in total. The Kier molecular flexibility index (Phi) is 5.70. The zero-order valence-electron chi connectivity index (χ0n) is 21.1. The van der Waals surface area contributed by atoms with Crippen LogP contribution in [0.2, 0.25) is 0 Å². The minimum Gasteiger partial charge on any atom is -0.361 e. The molecule has 2 fully saturated rings. The van der Waals surface area contributed by atoms with Crippen LogP contribution in [0.25, 0.3) is 0 Å². The number of likely N-dealkylation sites (tertiary alicyclic amines) is 1. The summed E-state index contributed by atoms with van der Waals surface area (Å²) in [5, 5.41) is 3.93. The fourth-order valence-electron chi connectivity index (χ4n) is 6.06. The van der Waals surface area contributed by atoms with Gasteiger partial charge in [-0.1, -0.05) is 23.4 Å². The minimum absolute atomic E-state index is 0.0353. The summed E-state index contributed by atoms with van der Waals surface area (Å²) >= 11 is 0. The van der Waals surface area contributed by atoms with E-state index in [1.807, 2.05) is 47.9 Å². The Morgan fingerprint density at radius 1 is 1.06 bits per heavy atom. The van der Waals surface area contributed by atoms with Crippen molar-refractivity contribution in [1.82, 2.24) is 24.8 Å². The van der Waals surface area contributed by atoms with E-state index < -0.39 is 11.5 Å². The number of amides is 3. The molecule has 3 amide bonds. The van der Waals surface area contributed by atoms with Gasteiger partial charge in [0.1, 0.15) is 11.3 Å². The average molecular weight is 480 g/mol. The fraction of sp³-hybridized carbons (Fsp3) is 0.538. The zero-order chi connectivity index (χ0) is 25.1. The van der Waals surface area contributed by atoms with E-state index in [0.717, 1.165) is 18.7 Å². The second-order valence-corrected chi connectivity index (χ2v) is 10.4. The highest BCUT2D eigenvalue weighted by atomic mass is 16.5. The molecule has 3 aliphatic heterocycles. The highest BCUT2D eigenvalue weighted by Gasteiger charge is 2.63. The third-order valence-electron chi connectivity index (χ3n) is 7.78. The van der Waals surface area contributed by atoms with Crippen molar-refractivity contribution in [3.8, 4) is 0 Å². The number of hydrogen-bond acceptors (Lipinski definition) is 6. The molecule has 2 saturated heterocycles. The van der Waals surface area contributed by atoms with Gasteiger partial charge in [-0.05, 0) is 46.4 Å². The quantitative estimate of drug-likeness (QED) is 0.668. The van der Waals surface area contributed by atoms with E-state index in [1.165, 1.54) is 0 Å². The second-order valence-electron chi connectivity index (χ2n) is 10.4. The Balaban J connectivity index is 1.56. The maximum absolute atomic E-state index is 14.2. The molecule has 0 bridgehead atoms. The van der Waals surface area contributed by atoms with E-state index in [1.54, 1.807) is 18.7 Å². The predicted octanol–water partition coefficient (Wildman–Crippen LogP) is 1.91. The van der Waals surface area contributed by atoms with E-state index in [9.17, 15) is 14.4 Å². The Morgan fingerprint density at radius 2 is 1.71 bits per heavy atom. The number of fused-ring (bicyclic) bond motifs is 1. The summed E-state index contributed by atoms with van der Waals surface area (Å²) in [6.45, 7) is 10.9. The maximum atomic E-state index is 14.2. The summed E-state index contributed by atoms with van der Waals surface area (Å²) in [5.74, 6) is -0.275. The highest BCUT2D eigenvalue weighted by Crippen LogP contribution is 2.48. The summed E-state index contributed by atoms with van der Waals surface area (Å²) in [6.07, 6.45) is 0. The smallest absolute Gasteiger partial charge is 0.259 e. The van der Waals surface area contributed by atoms with Crippen LogP contribution in [-0.2, 0) is 4.79 Å². The molecule has 2 aromatic rings. The van der Waals surface area contributed by atoms with E-state index in [-0.39, 0.29) is 36.9 Å². The standard InChI is InChI=1S/C26H33N5O4/c1-16(2)31-23(32)20-9-7-6-8-19(20)22(25(34)29-12-10-28(5)11-13-29)26(31)14-30(15-26)24(33)21-17(3)27-35-18(21)4/h6-9,16,22H,10-15H2,1-5H3. The van der Waals surface area contributed by atoms with Crippen LogP contribution in [0.15, 0.2) is 28.8 Å². The molecule has 9 nitrogen and oxygen atoms in total. The Hall–Kier alpha value is -3.20. The van der Waals surface area contributed by atoms with Gasteiger partial charge in [-0.3, -0.25) is 14.4 Å². The molecular formula is C26H33N5O4. The van der Waals surface area contributed by atoms with E-state index in [4.69, 9.17) is 4.52 Å². The van der Waals surface area contributed by atoms with Crippen LogP contribution in [0.5, 0.6) is 0 Å². The lowest BCUT2D eigenvalue weighted by Gasteiger charge is -2.62. The molecule has 0 aliphatic carbocycles. The van der Waals surface area contributed by atoms with Crippen molar-refractivity contribution in [2.45, 2.75) is 45.2 Å². The van der Waals surface area contributed by atoms with Crippen LogP contribution in [-0.4, -0.2) is 100 Å². The normalized spacial score (nSPS) is 21.9. The first-order valence-corrected chi connectivity index (χ1v) is 12.3. The number of carbonyl (C=O) groups is 3. The van der Waals surface area contributed by atoms with E-state index in [2.05, 4.69) is 17.1 Å². The molecule has 4 heterocycles. The molecule has 1 spiro atoms. The van der Waals surface area contributed by atoms with Gasteiger partial charge in [0.15, 0.2) is 0 Å². The lowest BCUT2D eigenvalue weighted by Crippen LogP contribution is -2.78. The first-order valence-electron chi connectivity index (χ1n) is 12.3. The van der Waals surface area contributed by atoms with Crippen molar-refractivity contribution in [3.63, 3.8) is 0 Å². The van der Waals surface area contributed by atoms with Gasteiger partial charge in [0.05, 0.1) is 17.2 Å². The number of benzene rings is 1. The molecule has 0 saturated carbocycles. The van der Waals surface area contributed by atoms with Gasteiger partial charge < -0.3 is 24.1 Å². The third kappa shape index (κ3) is 3.55. The first-order chi connectivity index (χ1) is 16.7. The first kappa shape index (κ1) is 23.5. The molecule has 1 aromatic heterocycles. The minimum atomic E-state index is -0.797. The summed E-state index contributed by atoms with van der Waals surface area (Å²) in [7, 11) is 2.06. The number of nitrogens with zero attached hydrogens (tertiary/aromatic N) is 5. The number of hydrogen-bond donors (Lipinski definition) is 0. The molecular weight excluding hydrogens is 446 g/mol. The molecule has 9 heteroatoms. The van der Waals surface area contributed by atoms with Crippen LogP contribution >= 0.6 is 0 Å². The van der Waals surface area contributed by atoms with Crippen molar-refractivity contribution in [3.05, 3.63) is 52.4 Å². The topological polar surface area (TPSA) is 90.2 Å². The monoisotopic (exact) mass is 479 g/mol. The Bertz CT molecular complexity index is 1150. The number of likely N-dealkylation sites (N-methyl/N-ethyl adjacent to an activating group) is 1. The van der Waals surface area contributed by atoms with E-state index >= 15 is 0 Å². The van der Waals surface area contributed by atoms with Gasteiger partial charge in [-0.25, -0.2) is 0 Å². The van der Waals surface area contributed by atoms with Gasteiger partial charge in [-0.15, -0.1) is 0 Å². The maximum Gasteiger partial charge on any atom is 0.259 e. The molecule has 1 unspecified atom stereocenters. The van der Waals surface area contributed by atoms with Crippen LogP contribution in [0.3, 0.4) is 0 Å². The highest BCUT2D eigenvalue weighted by molar-refractivity contribution is 6.03. The predicted molar refractivity (Wildman–Crippen MR) is 129 cm³/mol. The van der Waals surface area contributed by atoms with Crippen LogP contribution in [0.4, 0.5) is 0 Å². The number of carbonyl (C=O) groups excluding carboxylic acids is 3. The number of aryl methyl sites for hydroxylation is 2. The molecule has 5 rings (SSSR count). The van der Waals surface area contributed by atoms with Gasteiger partial charge in [0.2, 0.25) is 5.91 Å². The van der Waals surface area contributed by atoms with Gasteiger partial charge in [0.25, 0.3) is 11.8 Å². The third-order valence-corrected chi connectivity index (χ3v) is 7.78. The lowest BCUT2D eigenvalue weighted by atomic mass is 9.66. The van der Waals surface area contributed by atoms with Gasteiger partial charge in [-0.2, -0.15) is 0 Å². The zero-order valence-corrected chi connectivity index (χ0v) is 21.1. The summed E-state index contributed by atoms with van der Waals surface area (Å²) < 4.78 is 5.22. The molecule has 3 aliphatic rings. The lowest BCUT2D eigenvalue weighted by molar-refractivity contribution is -0.144. The summed E-state index contributed by atoms with van der Waals surface area (Å²) in [6, 6.07) is 7.33. The summed E-state index contributed by atoms with van der Waals surface area (Å²) in [4.78, 5) is 49.0. The van der Waals surface area contributed by atoms with Crippen molar-refractivity contribution < 1.29 is 18.9 Å². The van der Waals surface area contributed by atoms with Gasteiger partial charge in [0, 0.05) is 50.9 Å². The number of aromatic nitrogens is 1. The van der Waals surface area contributed by atoms with Crippen LogP contribution < -0.4 is 0 Å². The molecule has 1 aromatic carbocycles. The van der Waals surface area contributed by atoms with Gasteiger partial charge >= 0.3 is 0 Å². The number of piperazine rings is 1. The van der Waals surface area contributed by atoms with E-state index in [0.29, 0.717) is 35.7 Å². The second kappa shape index (κ2) is 8.48. The van der Waals surface area contributed by atoms with Crippen LogP contribution in [0.1, 0.15) is 57.5 Å². The van der Waals surface area contributed by atoms with Crippen molar-refractivity contribution in [1.29, 1.82) is 0 Å².